The molecule has 4 heterocycles. The summed E-state index contributed by atoms with van der Waals surface area (Å²) >= 11 is 1.55. The van der Waals surface area contributed by atoms with Crippen LogP contribution in [0.5, 0.6) is 0 Å². The molecule has 24 heavy (non-hydrogen) atoms. The van der Waals surface area contributed by atoms with Crippen LogP contribution in [0.15, 0.2) is 70.7 Å². The highest BCUT2D eigenvalue weighted by Crippen LogP contribution is 2.20. The zero-order valence-electron chi connectivity index (χ0n) is 12.6. The molecule has 4 rings (SSSR count). The summed E-state index contributed by atoms with van der Waals surface area (Å²) in [7, 11) is 0. The van der Waals surface area contributed by atoms with Crippen LogP contribution in [-0.4, -0.2) is 24.6 Å². The maximum absolute atomic E-state index is 12.3. The topological polar surface area (TPSA) is 75.9 Å². The summed E-state index contributed by atoms with van der Waals surface area (Å²) in [6.45, 7) is 0. The third-order valence-corrected chi connectivity index (χ3v) is 4.43. The number of hydrogen-bond acceptors (Lipinski definition) is 5. The van der Waals surface area contributed by atoms with E-state index in [4.69, 9.17) is 0 Å². The fourth-order valence-corrected chi connectivity index (χ4v) is 3.10. The van der Waals surface area contributed by atoms with Crippen molar-refractivity contribution in [2.24, 2.45) is 0 Å². The van der Waals surface area contributed by atoms with Crippen LogP contribution in [-0.2, 0) is 5.75 Å². The minimum Gasteiger partial charge on any atom is -0.287 e. The maximum atomic E-state index is 12.3. The zero-order valence-corrected chi connectivity index (χ0v) is 13.4. The first-order chi connectivity index (χ1) is 11.8. The zero-order chi connectivity index (χ0) is 16.4. The second kappa shape index (κ2) is 6.29. The fourth-order valence-electron chi connectivity index (χ4n) is 2.35. The molecule has 0 aliphatic rings. The van der Waals surface area contributed by atoms with Crippen LogP contribution in [0.4, 0.5) is 0 Å². The number of aromatic amines is 1. The van der Waals surface area contributed by atoms with E-state index in [1.807, 2.05) is 42.5 Å². The minimum atomic E-state index is -0.140. The van der Waals surface area contributed by atoms with Crippen LogP contribution in [0.2, 0.25) is 0 Å². The third kappa shape index (κ3) is 2.93. The van der Waals surface area contributed by atoms with Gasteiger partial charge >= 0.3 is 0 Å². The van der Waals surface area contributed by atoms with Crippen molar-refractivity contribution >= 4 is 17.4 Å². The average molecular weight is 335 g/mol. The van der Waals surface area contributed by atoms with E-state index in [1.165, 1.54) is 4.52 Å². The Morgan fingerprint density at radius 2 is 1.88 bits per heavy atom. The molecular weight excluding hydrogens is 322 g/mol. The van der Waals surface area contributed by atoms with Gasteiger partial charge < -0.3 is 0 Å². The SMILES string of the molecule is O=c1cc(CSc2ccccn2)nc2cc(-c3ccccn3)[nH]n12. The monoisotopic (exact) mass is 335 g/mol. The van der Waals surface area contributed by atoms with Crippen molar-refractivity contribution < 1.29 is 0 Å². The van der Waals surface area contributed by atoms with E-state index in [9.17, 15) is 4.79 Å². The molecule has 0 aliphatic carbocycles. The Morgan fingerprint density at radius 1 is 1.04 bits per heavy atom. The van der Waals surface area contributed by atoms with Gasteiger partial charge in [0.1, 0.15) is 0 Å². The summed E-state index contributed by atoms with van der Waals surface area (Å²) in [6.07, 6.45) is 3.46. The molecule has 0 aliphatic heterocycles. The van der Waals surface area contributed by atoms with E-state index in [-0.39, 0.29) is 5.56 Å². The number of fused-ring (bicyclic) bond motifs is 1. The number of nitrogens with zero attached hydrogens (tertiary/aromatic N) is 4. The molecule has 0 atom stereocenters. The minimum absolute atomic E-state index is 0.140. The van der Waals surface area contributed by atoms with Gasteiger partial charge in [0.25, 0.3) is 5.56 Å². The van der Waals surface area contributed by atoms with Crippen molar-refractivity contribution in [3.05, 3.63) is 77.0 Å². The predicted molar refractivity (Wildman–Crippen MR) is 92.8 cm³/mol. The first kappa shape index (κ1) is 14.6. The van der Waals surface area contributed by atoms with Crippen molar-refractivity contribution in [1.82, 2.24) is 24.6 Å². The summed E-state index contributed by atoms with van der Waals surface area (Å²) in [4.78, 5) is 25.4. The molecule has 4 aromatic rings. The molecule has 0 radical (unpaired) electrons. The Balaban J connectivity index is 1.66. The molecule has 0 aromatic carbocycles. The first-order valence-electron chi connectivity index (χ1n) is 7.36. The Labute approximate surface area is 141 Å². The molecule has 0 amide bonds. The molecule has 7 heteroatoms. The van der Waals surface area contributed by atoms with Crippen molar-refractivity contribution in [2.75, 3.05) is 0 Å². The van der Waals surface area contributed by atoms with Gasteiger partial charge in [0.2, 0.25) is 0 Å². The summed E-state index contributed by atoms with van der Waals surface area (Å²) in [5.74, 6) is 0.590. The molecule has 6 nitrogen and oxygen atoms in total. The number of nitrogens with one attached hydrogen (secondary N) is 1. The highest BCUT2D eigenvalue weighted by Gasteiger charge is 2.09. The lowest BCUT2D eigenvalue weighted by molar-refractivity contribution is 0.889. The van der Waals surface area contributed by atoms with Gasteiger partial charge in [0.15, 0.2) is 5.65 Å². The van der Waals surface area contributed by atoms with Gasteiger partial charge in [-0.15, -0.1) is 11.8 Å². The normalized spacial score (nSPS) is 11.0. The number of aromatic nitrogens is 5. The molecule has 0 spiro atoms. The number of H-pyrrole nitrogens is 1. The van der Waals surface area contributed by atoms with Gasteiger partial charge in [-0.05, 0) is 24.3 Å². The van der Waals surface area contributed by atoms with E-state index in [1.54, 1.807) is 30.2 Å². The summed E-state index contributed by atoms with van der Waals surface area (Å²) in [6, 6.07) is 14.8. The van der Waals surface area contributed by atoms with Crippen LogP contribution >= 0.6 is 11.8 Å². The van der Waals surface area contributed by atoms with E-state index < -0.39 is 0 Å². The Kier molecular flexibility index (Phi) is 3.84. The van der Waals surface area contributed by atoms with Gasteiger partial charge in [-0.25, -0.2) is 14.5 Å². The largest absolute Gasteiger partial charge is 0.287 e. The standard InChI is InChI=1S/C17H13N5OS/c23-17-9-12(11-24-16-6-2-4-8-19-16)20-15-10-14(21-22(15)17)13-5-1-3-7-18-13/h1-10,21H,11H2. The number of rotatable bonds is 4. The van der Waals surface area contributed by atoms with E-state index in [2.05, 4.69) is 20.1 Å². The van der Waals surface area contributed by atoms with Crippen molar-refractivity contribution in [3.63, 3.8) is 0 Å². The quantitative estimate of drug-likeness (QED) is 0.580. The number of thioether (sulfide) groups is 1. The second-order valence-corrected chi connectivity index (χ2v) is 6.12. The summed E-state index contributed by atoms with van der Waals surface area (Å²) in [5, 5.41) is 3.95. The lowest BCUT2D eigenvalue weighted by Crippen LogP contribution is -2.15. The van der Waals surface area contributed by atoms with Gasteiger partial charge in [0, 0.05) is 30.3 Å². The highest BCUT2D eigenvalue weighted by molar-refractivity contribution is 7.98. The second-order valence-electron chi connectivity index (χ2n) is 5.12. The molecule has 0 fully saturated rings. The van der Waals surface area contributed by atoms with Crippen LogP contribution < -0.4 is 5.56 Å². The maximum Gasteiger partial charge on any atom is 0.272 e. The lowest BCUT2D eigenvalue weighted by atomic mass is 10.3. The Hall–Kier alpha value is -2.93. The molecule has 1 N–H and O–H groups in total. The molecule has 118 valence electrons. The van der Waals surface area contributed by atoms with E-state index in [0.717, 1.165) is 22.1 Å². The van der Waals surface area contributed by atoms with Crippen LogP contribution in [0.1, 0.15) is 5.69 Å². The van der Waals surface area contributed by atoms with Gasteiger partial charge in [-0.3, -0.25) is 14.9 Å². The van der Waals surface area contributed by atoms with E-state index >= 15 is 0 Å². The molecule has 0 saturated heterocycles. The van der Waals surface area contributed by atoms with Crippen molar-refractivity contribution in [1.29, 1.82) is 0 Å². The smallest absolute Gasteiger partial charge is 0.272 e. The van der Waals surface area contributed by atoms with Crippen LogP contribution in [0.3, 0.4) is 0 Å². The lowest BCUT2D eigenvalue weighted by Gasteiger charge is -2.00. The van der Waals surface area contributed by atoms with Crippen LogP contribution in [0, 0.1) is 0 Å². The van der Waals surface area contributed by atoms with Crippen molar-refractivity contribution in [2.45, 2.75) is 10.8 Å². The van der Waals surface area contributed by atoms with E-state index in [0.29, 0.717) is 11.4 Å². The molecule has 0 bridgehead atoms. The first-order valence-corrected chi connectivity index (χ1v) is 8.35. The highest BCUT2D eigenvalue weighted by atomic mass is 32.2. The van der Waals surface area contributed by atoms with Gasteiger partial charge in [-0.2, -0.15) is 0 Å². The predicted octanol–water partition coefficient (Wildman–Crippen LogP) is 2.77. The van der Waals surface area contributed by atoms with Crippen molar-refractivity contribution in [3.8, 4) is 11.4 Å². The molecular formula is C17H13N5OS. The Bertz CT molecular complexity index is 1030. The molecule has 0 saturated carbocycles. The van der Waals surface area contributed by atoms with Gasteiger partial charge in [-0.1, -0.05) is 12.1 Å². The fraction of sp³-hybridized carbons (Fsp3) is 0.0588. The van der Waals surface area contributed by atoms with Crippen LogP contribution in [0.25, 0.3) is 17.0 Å². The summed E-state index contributed by atoms with van der Waals surface area (Å²) < 4.78 is 1.43. The van der Waals surface area contributed by atoms with Gasteiger partial charge in [0.05, 0.1) is 22.1 Å². The number of hydrogen-bond donors (Lipinski definition) is 1. The molecule has 0 unspecified atom stereocenters. The Morgan fingerprint density at radius 3 is 2.62 bits per heavy atom. The molecule has 4 aromatic heterocycles. The third-order valence-electron chi connectivity index (χ3n) is 3.45. The summed E-state index contributed by atoms with van der Waals surface area (Å²) in [5.41, 5.74) is 2.70. The number of pyridine rings is 2. The average Bonchev–Trinajstić information content (AvgIpc) is 3.06.